The first-order chi connectivity index (χ1) is 2.27. The Morgan fingerprint density at radius 2 is 2.00 bits per heavy atom. The summed E-state index contributed by atoms with van der Waals surface area (Å²) in [7, 11) is 0. The molecule has 0 amide bonds. The SMILES string of the molecule is [CH]=C(Cl)CCl. The lowest BCUT2D eigenvalue weighted by Gasteiger charge is -1.73. The van der Waals surface area contributed by atoms with Crippen LogP contribution < -0.4 is 0 Å². The van der Waals surface area contributed by atoms with Crippen LogP contribution in [0.15, 0.2) is 5.03 Å². The fourth-order valence-corrected chi connectivity index (χ4v) is 0. The molecule has 0 saturated heterocycles. The van der Waals surface area contributed by atoms with E-state index in [9.17, 15) is 0 Å². The van der Waals surface area contributed by atoms with E-state index in [0.29, 0.717) is 0 Å². The molecule has 2 heteroatoms. The molecule has 0 saturated carbocycles. The van der Waals surface area contributed by atoms with Crippen LogP contribution >= 0.6 is 23.2 Å². The molecule has 0 rings (SSSR count). The highest BCUT2D eigenvalue weighted by atomic mass is 35.5. The third kappa shape index (κ3) is 4.32. The van der Waals surface area contributed by atoms with Gasteiger partial charge in [-0.15, -0.1) is 11.6 Å². The van der Waals surface area contributed by atoms with Gasteiger partial charge in [-0.1, -0.05) is 11.6 Å². The minimum Gasteiger partial charge on any atom is -0.121 e. The topological polar surface area (TPSA) is 0 Å². The molecule has 0 spiro atoms. The Labute approximate surface area is 41.4 Å². The van der Waals surface area contributed by atoms with E-state index in [0.717, 1.165) is 0 Å². The van der Waals surface area contributed by atoms with Crippen LogP contribution in [0.25, 0.3) is 0 Å². The highest BCUT2D eigenvalue weighted by Gasteiger charge is 1.74. The van der Waals surface area contributed by atoms with Crippen LogP contribution in [0.5, 0.6) is 0 Å². The molecule has 0 aromatic carbocycles. The van der Waals surface area contributed by atoms with E-state index in [1.807, 2.05) is 0 Å². The summed E-state index contributed by atoms with van der Waals surface area (Å²) in [6, 6.07) is 0. The zero-order valence-corrected chi connectivity index (χ0v) is 4.05. The minimum atomic E-state index is 0.238. The summed E-state index contributed by atoms with van der Waals surface area (Å²) >= 11 is 10.1. The van der Waals surface area contributed by atoms with Gasteiger partial charge in [0, 0.05) is 5.03 Å². The molecular formula is C3H3Cl2. The van der Waals surface area contributed by atoms with Crippen LogP contribution in [-0.2, 0) is 0 Å². The molecule has 0 nitrogen and oxygen atoms in total. The first-order valence-electron chi connectivity index (χ1n) is 1.10. The molecule has 0 aromatic heterocycles. The molecule has 29 valence electrons. The Morgan fingerprint density at radius 3 is 2.00 bits per heavy atom. The fourth-order valence-electron chi connectivity index (χ4n) is 0. The summed E-state index contributed by atoms with van der Waals surface area (Å²) in [4.78, 5) is 0. The van der Waals surface area contributed by atoms with E-state index in [-0.39, 0.29) is 10.9 Å². The lowest BCUT2D eigenvalue weighted by atomic mass is 10.8. The van der Waals surface area contributed by atoms with Crippen molar-refractivity contribution in [2.45, 2.75) is 0 Å². The van der Waals surface area contributed by atoms with E-state index in [1.165, 1.54) is 0 Å². The normalized spacial score (nSPS) is 7.60. The van der Waals surface area contributed by atoms with Gasteiger partial charge in [0.1, 0.15) is 0 Å². The molecule has 0 aliphatic heterocycles. The van der Waals surface area contributed by atoms with Crippen molar-refractivity contribution in [1.29, 1.82) is 0 Å². The number of halogens is 2. The molecule has 0 unspecified atom stereocenters. The second-order valence-corrected chi connectivity index (χ2v) is 1.33. The first kappa shape index (κ1) is 5.32. The van der Waals surface area contributed by atoms with Gasteiger partial charge in [0.15, 0.2) is 0 Å². The summed E-state index contributed by atoms with van der Waals surface area (Å²) in [5.74, 6) is 0.238. The average Bonchev–Trinajstić information content (AvgIpc) is 1.38. The number of allylic oxidation sites excluding steroid dienone is 1. The maximum atomic E-state index is 5.04. The Hall–Kier alpha value is 0.320. The molecule has 0 bridgehead atoms. The van der Waals surface area contributed by atoms with Gasteiger partial charge in [-0.25, -0.2) is 0 Å². The minimum absolute atomic E-state index is 0.238. The third-order valence-corrected chi connectivity index (χ3v) is 0.686. The van der Waals surface area contributed by atoms with Crippen LogP contribution in [0.3, 0.4) is 0 Å². The number of hydrogen-bond donors (Lipinski definition) is 0. The van der Waals surface area contributed by atoms with E-state index in [2.05, 4.69) is 0 Å². The third-order valence-electron chi connectivity index (χ3n) is 0.128. The molecule has 0 fully saturated rings. The van der Waals surface area contributed by atoms with Crippen LogP contribution in [-0.4, -0.2) is 5.88 Å². The molecule has 5 heavy (non-hydrogen) atoms. The van der Waals surface area contributed by atoms with Crippen molar-refractivity contribution in [1.82, 2.24) is 0 Å². The van der Waals surface area contributed by atoms with E-state index in [1.54, 1.807) is 0 Å². The summed E-state index contributed by atoms with van der Waals surface area (Å²) in [6.07, 6.45) is 0. The van der Waals surface area contributed by atoms with Crippen molar-refractivity contribution in [2.24, 2.45) is 0 Å². The molecular weight excluding hydrogens is 107 g/mol. The van der Waals surface area contributed by atoms with Crippen LogP contribution in [0.2, 0.25) is 0 Å². The van der Waals surface area contributed by atoms with Crippen molar-refractivity contribution < 1.29 is 0 Å². The standard InChI is InChI=1S/C3H3Cl2/c1-3(5)2-4/h1H,2H2. The van der Waals surface area contributed by atoms with E-state index < -0.39 is 0 Å². The van der Waals surface area contributed by atoms with E-state index in [4.69, 9.17) is 29.8 Å². The molecule has 1 radical (unpaired) electrons. The predicted molar refractivity (Wildman–Crippen MR) is 24.4 cm³/mol. The van der Waals surface area contributed by atoms with Gasteiger partial charge in [-0.3, -0.25) is 0 Å². The van der Waals surface area contributed by atoms with Crippen LogP contribution in [0, 0.1) is 6.58 Å². The molecule has 0 aromatic rings. The van der Waals surface area contributed by atoms with Crippen molar-refractivity contribution in [3.8, 4) is 0 Å². The predicted octanol–water partition coefficient (Wildman–Crippen LogP) is 1.78. The first-order valence-corrected chi connectivity index (χ1v) is 2.01. The second-order valence-electron chi connectivity index (χ2n) is 0.580. The van der Waals surface area contributed by atoms with Gasteiger partial charge in [0.2, 0.25) is 0 Å². The lowest BCUT2D eigenvalue weighted by molar-refractivity contribution is 1.71. The van der Waals surface area contributed by atoms with Crippen LogP contribution in [0.1, 0.15) is 0 Å². The summed E-state index contributed by atoms with van der Waals surface area (Å²) in [5, 5.41) is 0.242. The second kappa shape index (κ2) is 2.55. The maximum absolute atomic E-state index is 5.04. The quantitative estimate of drug-likeness (QED) is 0.451. The average molecular weight is 110 g/mol. The molecule has 0 atom stereocenters. The van der Waals surface area contributed by atoms with Crippen LogP contribution in [0.4, 0.5) is 0 Å². The van der Waals surface area contributed by atoms with Crippen molar-refractivity contribution in [2.75, 3.05) is 5.88 Å². The lowest BCUT2D eigenvalue weighted by Crippen LogP contribution is -1.61. The Morgan fingerprint density at radius 1 is 1.80 bits per heavy atom. The Bertz CT molecular complexity index is 40.2. The highest BCUT2D eigenvalue weighted by molar-refractivity contribution is 6.35. The molecule has 0 aliphatic carbocycles. The van der Waals surface area contributed by atoms with E-state index >= 15 is 0 Å². The Balaban J connectivity index is 2.85. The number of alkyl halides is 1. The maximum Gasteiger partial charge on any atom is 0.0581 e. The van der Waals surface area contributed by atoms with Gasteiger partial charge < -0.3 is 0 Å². The zero-order chi connectivity index (χ0) is 4.28. The highest BCUT2D eigenvalue weighted by Crippen LogP contribution is 1.95. The van der Waals surface area contributed by atoms with Gasteiger partial charge in [-0.2, -0.15) is 0 Å². The monoisotopic (exact) mass is 109 g/mol. The molecule has 0 heterocycles. The van der Waals surface area contributed by atoms with Gasteiger partial charge in [0.05, 0.1) is 5.88 Å². The smallest absolute Gasteiger partial charge is 0.0581 e. The van der Waals surface area contributed by atoms with Gasteiger partial charge in [-0.05, 0) is 6.58 Å². The van der Waals surface area contributed by atoms with Crippen molar-refractivity contribution in [3.05, 3.63) is 11.6 Å². The fraction of sp³-hybridized carbons (Fsp3) is 0.333. The van der Waals surface area contributed by atoms with Gasteiger partial charge >= 0.3 is 0 Å². The van der Waals surface area contributed by atoms with Gasteiger partial charge in [0.25, 0.3) is 0 Å². The summed E-state index contributed by atoms with van der Waals surface area (Å²) < 4.78 is 0. The van der Waals surface area contributed by atoms with Crippen molar-refractivity contribution >= 4 is 23.2 Å². The molecule has 0 N–H and O–H groups in total. The number of hydrogen-bond acceptors (Lipinski definition) is 0. The summed E-state index contributed by atoms with van der Waals surface area (Å²) in [5.41, 5.74) is 0. The largest absolute Gasteiger partial charge is 0.121 e. The molecule has 0 aliphatic rings. The Kier molecular flexibility index (Phi) is 2.71. The number of rotatable bonds is 1. The zero-order valence-electron chi connectivity index (χ0n) is 2.54. The summed E-state index contributed by atoms with van der Waals surface area (Å²) in [6.45, 7) is 4.84. The van der Waals surface area contributed by atoms with Crippen molar-refractivity contribution in [3.63, 3.8) is 0 Å².